The molecule has 2 heterocycles. The molecule has 49 heavy (non-hydrogen) atoms. The number of piperazine rings is 1. The number of carbonyl (C=O) groups is 6. The summed E-state index contributed by atoms with van der Waals surface area (Å²) in [6.07, 6.45) is 2.67. The molecular formula is C34H41N5O10. The fraction of sp³-hybridized carbons (Fsp3) is 0.324. The number of aryl methyl sites for hydroxylation is 1. The SMILES string of the molecule is CC(C)NC(=O)CN1CCN(Cc2nc3ccccc3n2CCC(=O)c2ccccc2)CC1.O=C(O)/C=C\C(=O)O.O=C(O)/C=C\C(=O)O. The molecule has 3 aromatic rings. The summed E-state index contributed by atoms with van der Waals surface area (Å²) in [6, 6.07) is 17.8. The van der Waals surface area contributed by atoms with Crippen molar-refractivity contribution in [3.63, 3.8) is 0 Å². The zero-order chi connectivity index (χ0) is 36.3. The monoisotopic (exact) mass is 679 g/mol. The van der Waals surface area contributed by atoms with E-state index >= 15 is 0 Å². The van der Waals surface area contributed by atoms with Gasteiger partial charge in [0.2, 0.25) is 5.91 Å². The van der Waals surface area contributed by atoms with Crippen molar-refractivity contribution in [1.29, 1.82) is 0 Å². The van der Waals surface area contributed by atoms with Crippen molar-refractivity contribution in [2.45, 2.75) is 39.4 Å². The van der Waals surface area contributed by atoms with Crippen molar-refractivity contribution >= 4 is 46.6 Å². The van der Waals surface area contributed by atoms with Crippen LogP contribution >= 0.6 is 0 Å². The van der Waals surface area contributed by atoms with Gasteiger partial charge in [0.05, 0.1) is 24.1 Å². The number of aliphatic carboxylic acids is 4. The molecule has 1 saturated heterocycles. The molecule has 1 amide bonds. The average molecular weight is 680 g/mol. The minimum Gasteiger partial charge on any atom is -0.478 e. The minimum absolute atomic E-state index is 0.0864. The van der Waals surface area contributed by atoms with Crippen molar-refractivity contribution in [1.82, 2.24) is 24.7 Å². The molecule has 1 aromatic heterocycles. The number of ketones is 1. The van der Waals surface area contributed by atoms with Crippen LogP contribution in [-0.4, -0.2) is 114 Å². The Bertz CT molecular complexity index is 1580. The van der Waals surface area contributed by atoms with E-state index in [9.17, 15) is 28.8 Å². The highest BCUT2D eigenvalue weighted by Crippen LogP contribution is 2.19. The summed E-state index contributed by atoms with van der Waals surface area (Å²) in [5, 5.41) is 34.2. The van der Waals surface area contributed by atoms with E-state index < -0.39 is 23.9 Å². The highest BCUT2D eigenvalue weighted by atomic mass is 16.4. The Morgan fingerprint density at radius 3 is 1.73 bits per heavy atom. The number of amides is 1. The molecule has 15 heteroatoms. The second kappa shape index (κ2) is 20.5. The predicted octanol–water partition coefficient (Wildman–Crippen LogP) is 2.38. The second-order valence-corrected chi connectivity index (χ2v) is 11.0. The van der Waals surface area contributed by atoms with Gasteiger partial charge in [-0.25, -0.2) is 24.2 Å². The molecule has 1 aliphatic heterocycles. The maximum Gasteiger partial charge on any atom is 0.328 e. The Morgan fingerprint density at radius 1 is 0.735 bits per heavy atom. The number of nitrogens with one attached hydrogen (secondary N) is 1. The van der Waals surface area contributed by atoms with Crippen LogP contribution in [0.25, 0.3) is 11.0 Å². The maximum atomic E-state index is 12.7. The zero-order valence-corrected chi connectivity index (χ0v) is 27.3. The first-order valence-corrected chi connectivity index (χ1v) is 15.3. The molecule has 15 nitrogen and oxygen atoms in total. The van der Waals surface area contributed by atoms with E-state index in [1.165, 1.54) is 0 Å². The van der Waals surface area contributed by atoms with Gasteiger partial charge in [-0.2, -0.15) is 0 Å². The number of imidazole rings is 1. The minimum atomic E-state index is -1.26. The molecule has 2 aromatic carbocycles. The molecule has 0 spiro atoms. The number of benzene rings is 2. The quantitative estimate of drug-likeness (QED) is 0.130. The van der Waals surface area contributed by atoms with E-state index in [1.54, 1.807) is 0 Å². The molecular weight excluding hydrogens is 638 g/mol. The molecule has 0 saturated carbocycles. The van der Waals surface area contributed by atoms with E-state index in [2.05, 4.69) is 25.8 Å². The Balaban J connectivity index is 0.000000432. The summed E-state index contributed by atoms with van der Waals surface area (Å²) >= 11 is 0. The number of carbonyl (C=O) groups excluding carboxylic acids is 2. The van der Waals surface area contributed by atoms with Crippen molar-refractivity contribution in [3.05, 3.63) is 90.3 Å². The van der Waals surface area contributed by atoms with Crippen LogP contribution in [0.3, 0.4) is 0 Å². The van der Waals surface area contributed by atoms with E-state index in [4.69, 9.17) is 25.4 Å². The molecule has 0 atom stereocenters. The number of carboxylic acids is 4. The topological polar surface area (TPSA) is 220 Å². The van der Waals surface area contributed by atoms with Gasteiger partial charge in [0, 0.05) is 75.1 Å². The van der Waals surface area contributed by atoms with Crippen LogP contribution in [0.2, 0.25) is 0 Å². The number of para-hydroxylation sites is 2. The van der Waals surface area contributed by atoms with Gasteiger partial charge in [0.1, 0.15) is 5.82 Å². The normalized spacial score (nSPS) is 13.4. The summed E-state index contributed by atoms with van der Waals surface area (Å²) < 4.78 is 2.19. The Morgan fingerprint density at radius 2 is 1.22 bits per heavy atom. The molecule has 4 rings (SSSR count). The van der Waals surface area contributed by atoms with Gasteiger partial charge < -0.3 is 30.3 Å². The van der Waals surface area contributed by atoms with E-state index in [-0.39, 0.29) is 17.7 Å². The third-order valence-corrected chi connectivity index (χ3v) is 6.78. The maximum absolute atomic E-state index is 12.7. The summed E-state index contributed by atoms with van der Waals surface area (Å²) in [7, 11) is 0. The fourth-order valence-corrected chi connectivity index (χ4v) is 4.64. The second-order valence-electron chi connectivity index (χ2n) is 11.0. The summed E-state index contributed by atoms with van der Waals surface area (Å²) in [6.45, 7) is 9.26. The number of carboxylic acid groups (broad SMARTS) is 4. The summed E-state index contributed by atoms with van der Waals surface area (Å²) in [4.78, 5) is 72.4. The Labute approximate surface area is 282 Å². The van der Waals surface area contributed by atoms with Gasteiger partial charge in [-0.05, 0) is 26.0 Å². The number of Topliss-reactive ketones (excluding diaryl/α,β-unsaturated/α-hetero) is 1. The lowest BCUT2D eigenvalue weighted by molar-refractivity contribution is -0.134. The lowest BCUT2D eigenvalue weighted by atomic mass is 10.1. The number of fused-ring (bicyclic) bond motifs is 1. The smallest absolute Gasteiger partial charge is 0.328 e. The summed E-state index contributed by atoms with van der Waals surface area (Å²) in [5.74, 6) is -3.81. The predicted molar refractivity (Wildman–Crippen MR) is 179 cm³/mol. The first-order chi connectivity index (χ1) is 23.2. The molecule has 0 bridgehead atoms. The van der Waals surface area contributed by atoms with Crippen molar-refractivity contribution < 1.29 is 49.2 Å². The van der Waals surface area contributed by atoms with Gasteiger partial charge in [0.15, 0.2) is 5.78 Å². The van der Waals surface area contributed by atoms with Crippen molar-refractivity contribution in [2.24, 2.45) is 0 Å². The molecule has 0 aliphatic carbocycles. The van der Waals surface area contributed by atoms with Crippen LogP contribution in [-0.2, 0) is 37.1 Å². The third-order valence-electron chi connectivity index (χ3n) is 6.78. The van der Waals surface area contributed by atoms with Gasteiger partial charge >= 0.3 is 23.9 Å². The molecule has 5 N–H and O–H groups in total. The first-order valence-electron chi connectivity index (χ1n) is 15.3. The summed E-state index contributed by atoms with van der Waals surface area (Å²) in [5.41, 5.74) is 2.78. The van der Waals surface area contributed by atoms with Gasteiger partial charge in [-0.1, -0.05) is 42.5 Å². The van der Waals surface area contributed by atoms with Crippen LogP contribution in [0.1, 0.15) is 36.5 Å². The standard InChI is InChI=1S/C26H33N5O2.2C4H4O4/c1-20(2)27-26(33)19-30-16-14-29(15-17-30)18-25-28-22-10-6-7-11-23(22)31(25)13-12-24(32)21-8-4-3-5-9-21;2*5-3(6)1-2-4(7)8/h3-11,20H,12-19H2,1-2H3,(H,27,33);2*1-2H,(H,5,6)(H,7,8)/b;2*2-1-. The average Bonchev–Trinajstić information content (AvgIpc) is 3.39. The number of aromatic nitrogens is 2. The zero-order valence-electron chi connectivity index (χ0n) is 27.3. The van der Waals surface area contributed by atoms with Gasteiger partial charge in [0.25, 0.3) is 0 Å². The van der Waals surface area contributed by atoms with Crippen LogP contribution in [0.4, 0.5) is 0 Å². The van der Waals surface area contributed by atoms with Crippen LogP contribution < -0.4 is 5.32 Å². The largest absolute Gasteiger partial charge is 0.478 e. The number of hydrogen-bond donors (Lipinski definition) is 5. The van der Waals surface area contributed by atoms with E-state index in [0.717, 1.165) is 55.1 Å². The molecule has 1 aliphatic rings. The Kier molecular flexibility index (Phi) is 16.6. The Hall–Kier alpha value is -5.67. The van der Waals surface area contributed by atoms with Crippen LogP contribution in [0.5, 0.6) is 0 Å². The third kappa shape index (κ3) is 15.6. The van der Waals surface area contributed by atoms with Crippen LogP contribution in [0.15, 0.2) is 78.9 Å². The number of rotatable bonds is 13. The van der Waals surface area contributed by atoms with Crippen molar-refractivity contribution in [3.8, 4) is 0 Å². The molecule has 0 radical (unpaired) electrons. The number of nitrogens with zero attached hydrogens (tertiary/aromatic N) is 4. The number of hydrogen-bond acceptors (Lipinski definition) is 9. The van der Waals surface area contributed by atoms with E-state index in [0.29, 0.717) is 43.8 Å². The van der Waals surface area contributed by atoms with Crippen molar-refractivity contribution in [2.75, 3.05) is 32.7 Å². The molecule has 262 valence electrons. The lowest BCUT2D eigenvalue weighted by Crippen LogP contribution is -2.49. The van der Waals surface area contributed by atoms with Gasteiger partial charge in [-0.15, -0.1) is 0 Å². The highest BCUT2D eigenvalue weighted by Gasteiger charge is 2.22. The first kappa shape index (κ1) is 39.5. The fourth-order valence-electron chi connectivity index (χ4n) is 4.64. The molecule has 0 unspecified atom stereocenters. The highest BCUT2D eigenvalue weighted by molar-refractivity contribution is 5.96. The van der Waals surface area contributed by atoms with Gasteiger partial charge in [-0.3, -0.25) is 19.4 Å². The lowest BCUT2D eigenvalue weighted by Gasteiger charge is -2.34. The molecule has 1 fully saturated rings. The van der Waals surface area contributed by atoms with Crippen LogP contribution in [0, 0.1) is 0 Å². The van der Waals surface area contributed by atoms with E-state index in [1.807, 2.05) is 62.4 Å².